The summed E-state index contributed by atoms with van der Waals surface area (Å²) in [7, 11) is 0. The molecule has 5 nitrogen and oxygen atoms in total. The summed E-state index contributed by atoms with van der Waals surface area (Å²) in [5, 5.41) is 10.1. The minimum absolute atomic E-state index is 0.308. The van der Waals surface area contributed by atoms with Gasteiger partial charge >= 0.3 is 5.97 Å². The number of hydrogen-bond acceptors (Lipinski definition) is 4. The van der Waals surface area contributed by atoms with Gasteiger partial charge in [0.25, 0.3) is 5.56 Å². The summed E-state index contributed by atoms with van der Waals surface area (Å²) in [5.74, 6) is -0.661. The maximum atomic E-state index is 13.3. The zero-order valence-corrected chi connectivity index (χ0v) is 16.6. The monoisotopic (exact) mass is 370 g/mol. The quantitative estimate of drug-likeness (QED) is 0.751. The molecular weight excluding hydrogens is 348 g/mol. The molecule has 2 aromatic heterocycles. The minimum atomic E-state index is -1.38. The second-order valence-corrected chi connectivity index (χ2v) is 8.38. The van der Waals surface area contributed by atoms with Crippen LogP contribution < -0.4 is 5.56 Å². The molecule has 0 unspecified atom stereocenters. The van der Waals surface area contributed by atoms with Gasteiger partial charge in [0.1, 0.15) is 16.2 Å². The van der Waals surface area contributed by atoms with Crippen LogP contribution >= 0.6 is 11.3 Å². The normalized spacial score (nSPS) is 11.9. The van der Waals surface area contributed by atoms with E-state index in [1.165, 1.54) is 35.3 Å². The predicted octanol–water partition coefficient (Wildman–Crippen LogP) is 4.18. The van der Waals surface area contributed by atoms with E-state index in [4.69, 9.17) is 0 Å². The van der Waals surface area contributed by atoms with Crippen LogP contribution in [0.1, 0.15) is 35.7 Å². The Labute approximate surface area is 155 Å². The Morgan fingerprint density at radius 1 is 1.15 bits per heavy atom. The van der Waals surface area contributed by atoms with Gasteiger partial charge in [-0.1, -0.05) is 18.2 Å². The fraction of sp³-hybridized carbons (Fsp3) is 0.350. The van der Waals surface area contributed by atoms with Crippen molar-refractivity contribution in [2.45, 2.75) is 47.1 Å². The molecule has 3 aromatic rings. The predicted molar refractivity (Wildman–Crippen MR) is 105 cm³/mol. The van der Waals surface area contributed by atoms with Gasteiger partial charge in [0.2, 0.25) is 0 Å². The van der Waals surface area contributed by atoms with Crippen molar-refractivity contribution in [3.63, 3.8) is 0 Å². The number of rotatable bonds is 3. The molecule has 0 atom stereocenters. The number of aliphatic carboxylic acids is 1. The Kier molecular flexibility index (Phi) is 4.27. The van der Waals surface area contributed by atoms with E-state index in [1.54, 1.807) is 6.92 Å². The Bertz CT molecular complexity index is 1110. The molecular formula is C20H22N2O3S. The highest BCUT2D eigenvalue weighted by Gasteiger charge is 2.33. The Hall–Kier alpha value is -2.47. The van der Waals surface area contributed by atoms with Crippen LogP contribution in [0.2, 0.25) is 0 Å². The van der Waals surface area contributed by atoms with E-state index < -0.39 is 11.5 Å². The topological polar surface area (TPSA) is 72.2 Å². The van der Waals surface area contributed by atoms with E-state index in [0.717, 1.165) is 21.6 Å². The summed E-state index contributed by atoms with van der Waals surface area (Å²) in [6, 6.07) is 6.10. The number of carbonyl (C=O) groups is 1. The molecule has 1 N–H and O–H groups in total. The zero-order chi connectivity index (χ0) is 19.4. The van der Waals surface area contributed by atoms with Gasteiger partial charge in [0.05, 0.1) is 5.39 Å². The minimum Gasteiger partial charge on any atom is -0.480 e. The van der Waals surface area contributed by atoms with Crippen LogP contribution in [-0.4, -0.2) is 20.6 Å². The first-order chi connectivity index (χ1) is 12.1. The molecule has 1 aromatic carbocycles. The Morgan fingerprint density at radius 2 is 1.81 bits per heavy atom. The summed E-state index contributed by atoms with van der Waals surface area (Å²) in [5.41, 5.74) is 2.45. The van der Waals surface area contributed by atoms with Crippen LogP contribution in [0.4, 0.5) is 0 Å². The summed E-state index contributed by atoms with van der Waals surface area (Å²) in [4.78, 5) is 31.2. The SMILES string of the molecule is Cc1ccc(-c2c(C)sc3nc(C)n(C(C)(C)C(=O)O)c(=O)c23)cc1C. The number of carboxylic acids is 1. The molecule has 26 heavy (non-hydrogen) atoms. The van der Waals surface area contributed by atoms with Gasteiger partial charge in [-0.25, -0.2) is 9.78 Å². The number of thiophene rings is 1. The van der Waals surface area contributed by atoms with Gasteiger partial charge in [-0.2, -0.15) is 0 Å². The van der Waals surface area contributed by atoms with Crippen molar-refractivity contribution in [3.8, 4) is 11.1 Å². The standard InChI is InChI=1S/C20H22N2O3S/c1-10-7-8-14(9-11(10)2)15-12(3)26-17-16(15)18(23)22(13(4)21-17)20(5,6)19(24)25/h7-9H,1-6H3,(H,24,25). The first-order valence-corrected chi connectivity index (χ1v) is 9.21. The highest BCUT2D eigenvalue weighted by molar-refractivity contribution is 7.19. The highest BCUT2D eigenvalue weighted by Crippen LogP contribution is 2.37. The fourth-order valence-corrected chi connectivity index (χ4v) is 4.34. The van der Waals surface area contributed by atoms with Crippen molar-refractivity contribution in [3.05, 3.63) is 50.4 Å². The van der Waals surface area contributed by atoms with Crippen LogP contribution in [0.15, 0.2) is 23.0 Å². The molecule has 0 amide bonds. The molecule has 0 aliphatic heterocycles. The molecule has 0 saturated heterocycles. The summed E-state index contributed by atoms with van der Waals surface area (Å²) in [6.07, 6.45) is 0. The number of hydrogen-bond donors (Lipinski definition) is 1. The van der Waals surface area contributed by atoms with Crippen molar-refractivity contribution in [2.75, 3.05) is 0 Å². The van der Waals surface area contributed by atoms with E-state index in [9.17, 15) is 14.7 Å². The lowest BCUT2D eigenvalue weighted by Crippen LogP contribution is -2.44. The summed E-state index contributed by atoms with van der Waals surface area (Å²) >= 11 is 1.47. The Balaban J connectivity index is 2.43. The van der Waals surface area contributed by atoms with Gasteiger partial charge in [0.15, 0.2) is 0 Å². The molecule has 6 heteroatoms. The van der Waals surface area contributed by atoms with Crippen LogP contribution in [0.5, 0.6) is 0 Å². The highest BCUT2D eigenvalue weighted by atomic mass is 32.1. The third kappa shape index (κ3) is 2.65. The number of aryl methyl sites for hydroxylation is 4. The molecule has 0 aliphatic rings. The van der Waals surface area contributed by atoms with Crippen molar-refractivity contribution in [1.82, 2.24) is 9.55 Å². The molecule has 136 valence electrons. The maximum Gasteiger partial charge on any atom is 0.329 e. The van der Waals surface area contributed by atoms with Crippen LogP contribution in [0.25, 0.3) is 21.3 Å². The van der Waals surface area contributed by atoms with Crippen molar-refractivity contribution in [2.24, 2.45) is 0 Å². The van der Waals surface area contributed by atoms with Crippen molar-refractivity contribution < 1.29 is 9.90 Å². The first-order valence-electron chi connectivity index (χ1n) is 8.40. The van der Waals surface area contributed by atoms with Gasteiger partial charge < -0.3 is 5.11 Å². The third-order valence-electron chi connectivity index (χ3n) is 4.95. The number of benzene rings is 1. The van der Waals surface area contributed by atoms with Crippen LogP contribution in [0, 0.1) is 27.7 Å². The van der Waals surface area contributed by atoms with Crippen LogP contribution in [0.3, 0.4) is 0 Å². The smallest absolute Gasteiger partial charge is 0.329 e. The lowest BCUT2D eigenvalue weighted by Gasteiger charge is -2.24. The van der Waals surface area contributed by atoms with E-state index in [2.05, 4.69) is 11.1 Å². The second kappa shape index (κ2) is 6.06. The lowest BCUT2D eigenvalue weighted by molar-refractivity contribution is -0.145. The molecule has 0 fully saturated rings. The molecule has 0 radical (unpaired) electrons. The molecule has 0 saturated carbocycles. The fourth-order valence-electron chi connectivity index (χ4n) is 3.26. The number of carboxylic acid groups (broad SMARTS) is 1. The first kappa shape index (κ1) is 18.3. The summed E-state index contributed by atoms with van der Waals surface area (Å²) in [6.45, 7) is 10.8. The van der Waals surface area contributed by atoms with E-state index >= 15 is 0 Å². The molecule has 3 rings (SSSR count). The van der Waals surface area contributed by atoms with Gasteiger partial charge in [-0.3, -0.25) is 9.36 Å². The van der Waals surface area contributed by atoms with Gasteiger partial charge in [0, 0.05) is 10.4 Å². The molecule has 0 spiro atoms. The largest absolute Gasteiger partial charge is 0.480 e. The second-order valence-electron chi connectivity index (χ2n) is 7.18. The number of fused-ring (bicyclic) bond motifs is 1. The molecule has 0 bridgehead atoms. The van der Waals surface area contributed by atoms with Crippen molar-refractivity contribution >= 4 is 27.5 Å². The van der Waals surface area contributed by atoms with E-state index in [0.29, 0.717) is 16.0 Å². The number of aromatic nitrogens is 2. The lowest BCUT2D eigenvalue weighted by atomic mass is 9.98. The van der Waals surface area contributed by atoms with Gasteiger partial charge in [-0.05, 0) is 58.2 Å². The maximum absolute atomic E-state index is 13.3. The zero-order valence-electron chi connectivity index (χ0n) is 15.8. The number of nitrogens with zero attached hydrogens (tertiary/aromatic N) is 2. The van der Waals surface area contributed by atoms with Gasteiger partial charge in [-0.15, -0.1) is 11.3 Å². The summed E-state index contributed by atoms with van der Waals surface area (Å²) < 4.78 is 1.29. The third-order valence-corrected chi connectivity index (χ3v) is 5.95. The van der Waals surface area contributed by atoms with E-state index in [1.807, 2.05) is 32.9 Å². The molecule has 2 heterocycles. The van der Waals surface area contributed by atoms with E-state index in [-0.39, 0.29) is 5.56 Å². The molecule has 0 aliphatic carbocycles. The average molecular weight is 370 g/mol. The average Bonchev–Trinajstić information content (AvgIpc) is 2.85. The van der Waals surface area contributed by atoms with Crippen LogP contribution in [-0.2, 0) is 10.3 Å². The Morgan fingerprint density at radius 3 is 2.38 bits per heavy atom. The van der Waals surface area contributed by atoms with Crippen molar-refractivity contribution in [1.29, 1.82) is 0 Å².